The number of allylic oxidation sites excluding steroid dienone is 1. The Kier molecular flexibility index (Phi) is 4.76. The van der Waals surface area contributed by atoms with Gasteiger partial charge in [-0.15, -0.1) is 0 Å². The standard InChI is InChI=1S/C14H18O3/c1-10(2)11(3)9-17-13-6-5-12(8-15)14(7-13)16-4/h5-8H,9H2,1-4H3. The zero-order chi connectivity index (χ0) is 12.8. The van der Waals surface area contributed by atoms with Crippen LogP contribution in [-0.4, -0.2) is 20.0 Å². The van der Waals surface area contributed by atoms with Crippen LogP contribution in [0.5, 0.6) is 11.5 Å². The van der Waals surface area contributed by atoms with Crippen LogP contribution in [-0.2, 0) is 0 Å². The molecule has 0 aliphatic carbocycles. The summed E-state index contributed by atoms with van der Waals surface area (Å²) in [5, 5.41) is 0. The van der Waals surface area contributed by atoms with Gasteiger partial charge in [0.05, 0.1) is 12.7 Å². The molecule has 3 heteroatoms. The van der Waals surface area contributed by atoms with Gasteiger partial charge in [-0.3, -0.25) is 4.79 Å². The summed E-state index contributed by atoms with van der Waals surface area (Å²) in [5.74, 6) is 1.24. The third-order valence-corrected chi connectivity index (χ3v) is 2.64. The first-order valence-electron chi connectivity index (χ1n) is 5.47. The fourth-order valence-electron chi connectivity index (χ4n) is 1.21. The molecule has 0 spiro atoms. The second-order valence-electron chi connectivity index (χ2n) is 4.09. The van der Waals surface area contributed by atoms with Gasteiger partial charge in [0, 0.05) is 6.07 Å². The molecule has 0 bridgehead atoms. The molecule has 17 heavy (non-hydrogen) atoms. The van der Waals surface area contributed by atoms with Gasteiger partial charge in [-0.1, -0.05) is 5.57 Å². The molecule has 0 aromatic heterocycles. The Labute approximate surface area is 102 Å². The van der Waals surface area contributed by atoms with Crippen molar-refractivity contribution in [3.63, 3.8) is 0 Å². The first-order valence-corrected chi connectivity index (χ1v) is 5.47. The lowest BCUT2D eigenvalue weighted by Crippen LogP contribution is -2.01. The van der Waals surface area contributed by atoms with Gasteiger partial charge >= 0.3 is 0 Å². The third kappa shape index (κ3) is 3.63. The van der Waals surface area contributed by atoms with E-state index in [1.165, 1.54) is 18.3 Å². The maximum Gasteiger partial charge on any atom is 0.153 e. The maximum absolute atomic E-state index is 10.7. The van der Waals surface area contributed by atoms with E-state index in [0.717, 1.165) is 6.29 Å². The molecule has 0 atom stereocenters. The summed E-state index contributed by atoms with van der Waals surface area (Å²) >= 11 is 0. The molecule has 1 rings (SSSR count). The average molecular weight is 234 g/mol. The van der Waals surface area contributed by atoms with Gasteiger partial charge in [0.1, 0.15) is 18.1 Å². The first-order chi connectivity index (χ1) is 8.08. The lowest BCUT2D eigenvalue weighted by Gasteiger charge is -2.10. The smallest absolute Gasteiger partial charge is 0.153 e. The van der Waals surface area contributed by atoms with E-state index in [-0.39, 0.29) is 0 Å². The highest BCUT2D eigenvalue weighted by Gasteiger charge is 2.04. The molecule has 0 aliphatic heterocycles. The number of hydrogen-bond acceptors (Lipinski definition) is 3. The lowest BCUT2D eigenvalue weighted by molar-refractivity contribution is 0.112. The molecule has 3 nitrogen and oxygen atoms in total. The summed E-state index contributed by atoms with van der Waals surface area (Å²) in [7, 11) is 1.54. The van der Waals surface area contributed by atoms with Gasteiger partial charge in [-0.25, -0.2) is 0 Å². The van der Waals surface area contributed by atoms with Crippen molar-refractivity contribution in [3.8, 4) is 11.5 Å². The van der Waals surface area contributed by atoms with Crippen LogP contribution in [0.2, 0.25) is 0 Å². The van der Waals surface area contributed by atoms with Gasteiger partial charge in [0.15, 0.2) is 6.29 Å². The molecule has 0 radical (unpaired) electrons. The van der Waals surface area contributed by atoms with Crippen molar-refractivity contribution in [3.05, 3.63) is 34.9 Å². The van der Waals surface area contributed by atoms with Crippen molar-refractivity contribution >= 4 is 6.29 Å². The number of rotatable bonds is 5. The molecule has 0 N–H and O–H groups in total. The molecule has 0 heterocycles. The Balaban J connectivity index is 2.80. The molecule has 0 fully saturated rings. The Morgan fingerprint density at radius 1 is 1.29 bits per heavy atom. The Hall–Kier alpha value is -1.77. The van der Waals surface area contributed by atoms with Crippen LogP contribution in [0.1, 0.15) is 31.1 Å². The molecule has 0 amide bonds. The van der Waals surface area contributed by atoms with Gasteiger partial charge < -0.3 is 9.47 Å². The lowest BCUT2D eigenvalue weighted by atomic mass is 10.2. The molecule has 0 saturated heterocycles. The molecule has 0 aliphatic rings. The summed E-state index contributed by atoms with van der Waals surface area (Å²) < 4.78 is 10.7. The minimum atomic E-state index is 0.527. The predicted molar refractivity (Wildman–Crippen MR) is 67.9 cm³/mol. The van der Waals surface area contributed by atoms with Crippen molar-refractivity contribution < 1.29 is 14.3 Å². The topological polar surface area (TPSA) is 35.5 Å². The van der Waals surface area contributed by atoms with E-state index in [9.17, 15) is 4.79 Å². The van der Waals surface area contributed by atoms with Gasteiger partial charge in [0.2, 0.25) is 0 Å². The van der Waals surface area contributed by atoms with E-state index < -0.39 is 0 Å². The normalized spacial score (nSPS) is 9.65. The summed E-state index contributed by atoms with van der Waals surface area (Å²) in [6, 6.07) is 5.19. The molecular weight excluding hydrogens is 216 g/mol. The van der Waals surface area contributed by atoms with Crippen LogP contribution in [0.4, 0.5) is 0 Å². The van der Waals surface area contributed by atoms with Gasteiger partial charge in [0.25, 0.3) is 0 Å². The number of aldehydes is 1. The predicted octanol–water partition coefficient (Wildman–Crippen LogP) is 3.24. The number of carbonyl (C=O) groups is 1. The second-order valence-corrected chi connectivity index (χ2v) is 4.09. The molecule has 92 valence electrons. The van der Waals surface area contributed by atoms with Crippen molar-refractivity contribution in [2.45, 2.75) is 20.8 Å². The van der Waals surface area contributed by atoms with Crippen molar-refractivity contribution in [2.24, 2.45) is 0 Å². The minimum Gasteiger partial charge on any atom is -0.496 e. The van der Waals surface area contributed by atoms with Crippen LogP contribution in [0.25, 0.3) is 0 Å². The highest BCUT2D eigenvalue weighted by Crippen LogP contribution is 2.23. The zero-order valence-electron chi connectivity index (χ0n) is 10.7. The minimum absolute atomic E-state index is 0.527. The van der Waals surface area contributed by atoms with E-state index in [1.807, 2.05) is 6.92 Å². The maximum atomic E-state index is 10.7. The van der Waals surface area contributed by atoms with Gasteiger partial charge in [-0.2, -0.15) is 0 Å². The fourth-order valence-corrected chi connectivity index (χ4v) is 1.21. The third-order valence-electron chi connectivity index (χ3n) is 2.64. The summed E-state index contributed by atoms with van der Waals surface area (Å²) in [5.41, 5.74) is 2.98. The number of carbonyl (C=O) groups excluding carboxylic acids is 1. The molecule has 0 saturated carbocycles. The van der Waals surface area contributed by atoms with Crippen LogP contribution in [0.15, 0.2) is 29.3 Å². The first kappa shape index (κ1) is 13.3. The highest BCUT2D eigenvalue weighted by molar-refractivity contribution is 5.79. The SMILES string of the molecule is COc1cc(OCC(C)=C(C)C)ccc1C=O. The van der Waals surface area contributed by atoms with Crippen molar-refractivity contribution in [1.29, 1.82) is 0 Å². The van der Waals surface area contributed by atoms with E-state index in [2.05, 4.69) is 13.8 Å². The highest BCUT2D eigenvalue weighted by atomic mass is 16.5. The molecule has 1 aromatic carbocycles. The van der Waals surface area contributed by atoms with E-state index in [0.29, 0.717) is 23.7 Å². The quantitative estimate of drug-likeness (QED) is 0.579. The monoisotopic (exact) mass is 234 g/mol. The second kappa shape index (κ2) is 6.09. The summed E-state index contributed by atoms with van der Waals surface area (Å²) in [6.07, 6.45) is 0.768. The Bertz CT molecular complexity index is 429. The fraction of sp³-hybridized carbons (Fsp3) is 0.357. The van der Waals surface area contributed by atoms with Crippen molar-refractivity contribution in [2.75, 3.05) is 13.7 Å². The van der Waals surface area contributed by atoms with Crippen LogP contribution < -0.4 is 9.47 Å². The average Bonchev–Trinajstić information content (AvgIpc) is 2.35. The van der Waals surface area contributed by atoms with Crippen LogP contribution >= 0.6 is 0 Å². The summed E-state index contributed by atoms with van der Waals surface area (Å²) in [4.78, 5) is 10.7. The van der Waals surface area contributed by atoms with E-state index in [1.54, 1.807) is 18.2 Å². The number of methoxy groups -OCH3 is 1. The Morgan fingerprint density at radius 3 is 2.53 bits per heavy atom. The van der Waals surface area contributed by atoms with E-state index >= 15 is 0 Å². The molecule has 1 aromatic rings. The van der Waals surface area contributed by atoms with E-state index in [4.69, 9.17) is 9.47 Å². The number of ether oxygens (including phenoxy) is 2. The van der Waals surface area contributed by atoms with Crippen molar-refractivity contribution in [1.82, 2.24) is 0 Å². The molecule has 0 unspecified atom stereocenters. The summed E-state index contributed by atoms with van der Waals surface area (Å²) in [6.45, 7) is 6.68. The number of hydrogen-bond donors (Lipinski definition) is 0. The van der Waals surface area contributed by atoms with Crippen LogP contribution in [0, 0.1) is 0 Å². The zero-order valence-corrected chi connectivity index (χ0v) is 10.7. The van der Waals surface area contributed by atoms with Crippen LogP contribution in [0.3, 0.4) is 0 Å². The largest absolute Gasteiger partial charge is 0.496 e. The van der Waals surface area contributed by atoms with Gasteiger partial charge in [-0.05, 0) is 38.5 Å². The Morgan fingerprint density at radius 2 is 2.00 bits per heavy atom. The number of benzene rings is 1. The molecular formula is C14H18O3.